The summed E-state index contributed by atoms with van der Waals surface area (Å²) >= 11 is 0. The van der Waals surface area contributed by atoms with Gasteiger partial charge in [-0.25, -0.2) is 5.84 Å². The van der Waals surface area contributed by atoms with Crippen LogP contribution in [0.3, 0.4) is 0 Å². The predicted molar refractivity (Wildman–Crippen MR) is 93.7 cm³/mol. The van der Waals surface area contributed by atoms with Crippen molar-refractivity contribution < 1.29 is 13.2 Å². The highest BCUT2D eigenvalue weighted by atomic mass is 19.4. The quantitative estimate of drug-likeness (QED) is 0.641. The average Bonchev–Trinajstić information content (AvgIpc) is 2.59. The fourth-order valence-electron chi connectivity index (χ4n) is 3.48. The Kier molecular flexibility index (Phi) is 4.90. The summed E-state index contributed by atoms with van der Waals surface area (Å²) in [4.78, 5) is 10.1. The second-order valence-electron chi connectivity index (χ2n) is 6.57. The van der Waals surface area contributed by atoms with Crippen LogP contribution in [-0.2, 0) is 6.18 Å². The number of aromatic nitrogens is 2. The molecule has 140 valence electrons. The van der Waals surface area contributed by atoms with Gasteiger partial charge in [-0.05, 0) is 24.5 Å². The van der Waals surface area contributed by atoms with Crippen molar-refractivity contribution >= 4 is 16.7 Å². The van der Waals surface area contributed by atoms with Crippen molar-refractivity contribution in [2.45, 2.75) is 25.6 Å². The van der Waals surface area contributed by atoms with E-state index in [1.807, 2.05) is 4.90 Å². The predicted octanol–water partition coefficient (Wildman–Crippen LogP) is 2.47. The number of piperidine rings is 1. The normalized spacial score (nSPS) is 21.5. The first-order chi connectivity index (χ1) is 12.3. The van der Waals surface area contributed by atoms with Gasteiger partial charge in [-0.3, -0.25) is 9.97 Å². The molecule has 2 heterocycles. The molecule has 2 unspecified atom stereocenters. The lowest BCUT2D eigenvalue weighted by molar-refractivity contribution is -0.136. The third-order valence-electron chi connectivity index (χ3n) is 4.57. The van der Waals surface area contributed by atoms with Gasteiger partial charge in [0.2, 0.25) is 0 Å². The Bertz CT molecular complexity index is 807. The molecule has 0 amide bonds. The van der Waals surface area contributed by atoms with Gasteiger partial charge in [0.05, 0.1) is 17.3 Å². The molecule has 3 rings (SSSR count). The maximum Gasteiger partial charge on any atom is 0.418 e. The molecule has 26 heavy (non-hydrogen) atoms. The number of hydrogen-bond acceptors (Lipinski definition) is 6. The Balaban J connectivity index is 2.02. The summed E-state index contributed by atoms with van der Waals surface area (Å²) in [5, 5.41) is 1.54. The zero-order valence-electron chi connectivity index (χ0n) is 14.3. The van der Waals surface area contributed by atoms with Crippen molar-refractivity contribution in [3.63, 3.8) is 0 Å². The van der Waals surface area contributed by atoms with Gasteiger partial charge in [-0.2, -0.15) is 13.2 Å². The smallest absolute Gasteiger partial charge is 0.403 e. The lowest BCUT2D eigenvalue weighted by Gasteiger charge is -2.41. The Morgan fingerprint density at radius 2 is 1.88 bits per heavy atom. The third-order valence-corrected chi connectivity index (χ3v) is 4.57. The summed E-state index contributed by atoms with van der Waals surface area (Å²) < 4.78 is 39.8. The van der Waals surface area contributed by atoms with Crippen LogP contribution in [0.25, 0.3) is 11.0 Å². The molecule has 1 aromatic heterocycles. The van der Waals surface area contributed by atoms with Gasteiger partial charge in [0, 0.05) is 37.9 Å². The lowest BCUT2D eigenvalue weighted by atomic mass is 9.94. The van der Waals surface area contributed by atoms with E-state index in [1.165, 1.54) is 24.7 Å². The maximum atomic E-state index is 13.3. The summed E-state index contributed by atoms with van der Waals surface area (Å²) in [6, 6.07) is 2.53. The minimum Gasteiger partial charge on any atom is -0.403 e. The highest BCUT2D eigenvalue weighted by molar-refractivity contribution is 5.90. The van der Waals surface area contributed by atoms with Crippen LogP contribution in [0.4, 0.5) is 18.9 Å². The number of rotatable bonds is 3. The van der Waals surface area contributed by atoms with Crippen molar-refractivity contribution in [1.82, 2.24) is 15.0 Å². The van der Waals surface area contributed by atoms with Crippen molar-refractivity contribution in [1.29, 1.82) is 0 Å². The highest BCUT2D eigenvalue weighted by Gasteiger charge is 2.35. The molecule has 6 nitrogen and oxygen atoms in total. The molecule has 4 N–H and O–H groups in total. The summed E-state index contributed by atoms with van der Waals surface area (Å²) in [6.45, 7) is 3.34. The van der Waals surface area contributed by atoms with Crippen LogP contribution >= 0.6 is 0 Å². The van der Waals surface area contributed by atoms with E-state index in [4.69, 9.17) is 11.6 Å². The molecule has 9 heteroatoms. The van der Waals surface area contributed by atoms with Crippen molar-refractivity contribution in [3.05, 3.63) is 42.5 Å². The molecule has 2 aromatic rings. The molecular weight excluding hydrogens is 345 g/mol. The molecule has 2 atom stereocenters. The van der Waals surface area contributed by atoms with Crippen LogP contribution in [0, 0.1) is 5.92 Å². The van der Waals surface area contributed by atoms with E-state index >= 15 is 0 Å². The molecule has 0 aliphatic carbocycles. The molecule has 1 aromatic carbocycles. The van der Waals surface area contributed by atoms with Crippen molar-refractivity contribution in [2.24, 2.45) is 17.5 Å². The third kappa shape index (κ3) is 3.52. The maximum absolute atomic E-state index is 13.3. The van der Waals surface area contributed by atoms with E-state index in [2.05, 4.69) is 16.9 Å². The Hall–Kier alpha value is -2.55. The fraction of sp³-hybridized carbons (Fsp3) is 0.412. The number of fused-ring (bicyclic) bond motifs is 1. The molecule has 0 radical (unpaired) electrons. The Morgan fingerprint density at radius 3 is 2.54 bits per heavy atom. The van der Waals surface area contributed by atoms with Crippen LogP contribution in [0.15, 0.2) is 36.9 Å². The molecule has 0 bridgehead atoms. The van der Waals surface area contributed by atoms with E-state index in [0.29, 0.717) is 24.7 Å². The number of hydrazine groups is 1. The summed E-state index contributed by atoms with van der Waals surface area (Å²) in [5.41, 5.74) is 5.36. The molecule has 1 aliphatic heterocycles. The Labute approximate surface area is 149 Å². The van der Waals surface area contributed by atoms with Gasteiger partial charge in [0.15, 0.2) is 0 Å². The van der Waals surface area contributed by atoms with E-state index < -0.39 is 11.7 Å². The SMILES string of the molecule is CC1CC(N(N)/C=C\N)CN(c2ccc(C(F)(F)F)c3nccnc23)C1. The summed E-state index contributed by atoms with van der Waals surface area (Å²) in [6.07, 6.45) is 2.01. The first-order valence-corrected chi connectivity index (χ1v) is 8.28. The van der Waals surface area contributed by atoms with Crippen LogP contribution in [-0.4, -0.2) is 34.1 Å². The molecule has 0 saturated carbocycles. The number of anilines is 1. The lowest BCUT2D eigenvalue weighted by Crippen LogP contribution is -2.51. The van der Waals surface area contributed by atoms with Gasteiger partial charge < -0.3 is 15.6 Å². The molecule has 0 spiro atoms. The van der Waals surface area contributed by atoms with Crippen LogP contribution in [0.2, 0.25) is 0 Å². The zero-order valence-corrected chi connectivity index (χ0v) is 14.3. The minimum atomic E-state index is -4.48. The van der Waals surface area contributed by atoms with Crippen LogP contribution < -0.4 is 16.5 Å². The monoisotopic (exact) mass is 366 g/mol. The first kappa shape index (κ1) is 18.2. The highest BCUT2D eigenvalue weighted by Crippen LogP contribution is 2.37. The van der Waals surface area contributed by atoms with Crippen molar-refractivity contribution in [2.75, 3.05) is 18.0 Å². The zero-order chi connectivity index (χ0) is 18.9. The number of alkyl halides is 3. The van der Waals surface area contributed by atoms with E-state index in [-0.39, 0.29) is 17.1 Å². The van der Waals surface area contributed by atoms with Crippen molar-refractivity contribution in [3.8, 4) is 0 Å². The first-order valence-electron chi connectivity index (χ1n) is 8.28. The second-order valence-corrected chi connectivity index (χ2v) is 6.57. The number of nitrogens with two attached hydrogens (primary N) is 2. The number of hydrogen-bond donors (Lipinski definition) is 2. The average molecular weight is 366 g/mol. The summed E-state index contributed by atoms with van der Waals surface area (Å²) in [7, 11) is 0. The van der Waals surface area contributed by atoms with Gasteiger partial charge in [0.25, 0.3) is 0 Å². The van der Waals surface area contributed by atoms with Gasteiger partial charge in [-0.15, -0.1) is 0 Å². The fourth-order valence-corrected chi connectivity index (χ4v) is 3.48. The van der Waals surface area contributed by atoms with Gasteiger partial charge in [0.1, 0.15) is 11.0 Å². The van der Waals surface area contributed by atoms with E-state index in [0.717, 1.165) is 12.5 Å². The molecule has 1 aliphatic rings. The van der Waals surface area contributed by atoms with Crippen LogP contribution in [0.1, 0.15) is 18.9 Å². The largest absolute Gasteiger partial charge is 0.418 e. The molecule has 1 saturated heterocycles. The standard InChI is InChI=1S/C17H21F3N6/c1-11-8-12(26(22)7-4-21)10-25(9-11)14-3-2-13(17(18,19)20)15-16(14)24-6-5-23-15/h2-7,11-12H,8-10,21-22H2,1H3/b7-4-. The van der Waals surface area contributed by atoms with E-state index in [1.54, 1.807) is 11.2 Å². The van der Waals surface area contributed by atoms with Crippen LogP contribution in [0.5, 0.6) is 0 Å². The number of nitrogens with zero attached hydrogens (tertiary/aromatic N) is 4. The Morgan fingerprint density at radius 1 is 1.19 bits per heavy atom. The van der Waals surface area contributed by atoms with E-state index in [9.17, 15) is 13.2 Å². The molecular formula is C17H21F3N6. The van der Waals surface area contributed by atoms with Gasteiger partial charge in [-0.1, -0.05) is 6.92 Å². The second kappa shape index (κ2) is 6.99. The number of benzene rings is 1. The topological polar surface area (TPSA) is 84.3 Å². The summed E-state index contributed by atoms with van der Waals surface area (Å²) in [5.74, 6) is 6.32. The minimum absolute atomic E-state index is 0.00689. The molecule has 1 fully saturated rings. The number of halogens is 3. The van der Waals surface area contributed by atoms with Gasteiger partial charge >= 0.3 is 6.18 Å².